The van der Waals surface area contributed by atoms with Gasteiger partial charge in [-0.05, 0) is 43.2 Å². The average molecular weight is 225 g/mol. The van der Waals surface area contributed by atoms with E-state index in [-0.39, 0.29) is 0 Å². The maximum absolute atomic E-state index is 4.58. The Morgan fingerprint density at radius 3 is 2.76 bits per heavy atom. The monoisotopic (exact) mass is 225 g/mol. The number of nitrogens with one attached hydrogen (secondary N) is 2. The highest BCUT2D eigenvalue weighted by Crippen LogP contribution is 2.15. The van der Waals surface area contributed by atoms with Crippen LogP contribution in [0.5, 0.6) is 0 Å². The number of aromatic amines is 2. The zero-order valence-electron chi connectivity index (χ0n) is 10.0. The molecule has 3 heteroatoms. The second kappa shape index (κ2) is 3.77. The number of nitrogens with zero attached hydrogens (tertiary/aromatic N) is 1. The summed E-state index contributed by atoms with van der Waals surface area (Å²) in [4.78, 5) is 11.2. The van der Waals surface area contributed by atoms with Crippen molar-refractivity contribution in [2.75, 3.05) is 0 Å². The van der Waals surface area contributed by atoms with Crippen molar-refractivity contribution in [3.05, 3.63) is 53.1 Å². The fraction of sp³-hybridized carbons (Fsp3) is 0.214. The van der Waals surface area contributed by atoms with Gasteiger partial charge >= 0.3 is 0 Å². The van der Waals surface area contributed by atoms with Crippen molar-refractivity contribution in [1.29, 1.82) is 0 Å². The number of aromatic nitrogens is 3. The topological polar surface area (TPSA) is 44.5 Å². The summed E-state index contributed by atoms with van der Waals surface area (Å²) in [5, 5.41) is 0. The molecule has 0 fully saturated rings. The SMILES string of the molecule is Cc1c[nH]c(Cc2nc3ccc(C)cc3[nH]2)c1. The second-order valence-corrected chi connectivity index (χ2v) is 4.58. The fourth-order valence-electron chi connectivity index (χ4n) is 2.11. The van der Waals surface area contributed by atoms with E-state index in [2.05, 4.69) is 53.1 Å². The largest absolute Gasteiger partial charge is 0.364 e. The van der Waals surface area contributed by atoms with Crippen LogP contribution in [0, 0.1) is 13.8 Å². The zero-order chi connectivity index (χ0) is 11.8. The van der Waals surface area contributed by atoms with E-state index in [4.69, 9.17) is 0 Å². The van der Waals surface area contributed by atoms with Crippen LogP contribution in [0.4, 0.5) is 0 Å². The van der Waals surface area contributed by atoms with Gasteiger partial charge in [-0.15, -0.1) is 0 Å². The standard InChI is InChI=1S/C14H15N3/c1-9-3-4-12-13(6-9)17-14(16-12)7-11-5-10(2)8-15-11/h3-6,8,15H,7H2,1-2H3,(H,16,17). The molecule has 0 amide bonds. The Hall–Kier alpha value is -2.03. The van der Waals surface area contributed by atoms with Crippen LogP contribution in [0.25, 0.3) is 11.0 Å². The summed E-state index contributed by atoms with van der Waals surface area (Å²) in [6, 6.07) is 8.43. The van der Waals surface area contributed by atoms with E-state index in [0.717, 1.165) is 23.3 Å². The van der Waals surface area contributed by atoms with Crippen molar-refractivity contribution in [3.8, 4) is 0 Å². The number of H-pyrrole nitrogens is 2. The predicted molar refractivity (Wildman–Crippen MR) is 69.2 cm³/mol. The third kappa shape index (κ3) is 1.96. The van der Waals surface area contributed by atoms with Gasteiger partial charge in [0.2, 0.25) is 0 Å². The zero-order valence-corrected chi connectivity index (χ0v) is 10.0. The summed E-state index contributed by atoms with van der Waals surface area (Å²) in [5.74, 6) is 1.01. The number of rotatable bonds is 2. The van der Waals surface area contributed by atoms with Gasteiger partial charge in [0.05, 0.1) is 11.0 Å². The Kier molecular flexibility index (Phi) is 2.25. The van der Waals surface area contributed by atoms with Crippen LogP contribution in [-0.4, -0.2) is 15.0 Å². The van der Waals surface area contributed by atoms with E-state index < -0.39 is 0 Å². The van der Waals surface area contributed by atoms with E-state index in [1.165, 1.54) is 16.8 Å². The smallest absolute Gasteiger partial charge is 0.113 e. The third-order valence-electron chi connectivity index (χ3n) is 2.93. The molecular weight excluding hydrogens is 210 g/mol. The molecule has 2 aromatic heterocycles. The first-order valence-electron chi connectivity index (χ1n) is 5.80. The van der Waals surface area contributed by atoms with Crippen molar-refractivity contribution in [2.45, 2.75) is 20.3 Å². The lowest BCUT2D eigenvalue weighted by Gasteiger charge is -1.92. The van der Waals surface area contributed by atoms with E-state index in [9.17, 15) is 0 Å². The Morgan fingerprint density at radius 1 is 1.12 bits per heavy atom. The number of fused-ring (bicyclic) bond motifs is 1. The number of aryl methyl sites for hydroxylation is 2. The molecule has 0 aliphatic heterocycles. The molecule has 0 radical (unpaired) electrons. The van der Waals surface area contributed by atoms with Gasteiger partial charge < -0.3 is 9.97 Å². The molecule has 0 saturated carbocycles. The maximum Gasteiger partial charge on any atom is 0.113 e. The number of imidazole rings is 1. The third-order valence-corrected chi connectivity index (χ3v) is 2.93. The first-order chi connectivity index (χ1) is 8.20. The van der Waals surface area contributed by atoms with Crippen LogP contribution in [0.2, 0.25) is 0 Å². The van der Waals surface area contributed by atoms with Crippen LogP contribution < -0.4 is 0 Å². The summed E-state index contributed by atoms with van der Waals surface area (Å²) in [6.07, 6.45) is 2.84. The Balaban J connectivity index is 1.95. The molecule has 0 bridgehead atoms. The molecule has 0 spiro atoms. The summed E-state index contributed by atoms with van der Waals surface area (Å²) < 4.78 is 0. The van der Waals surface area contributed by atoms with Gasteiger partial charge in [0.1, 0.15) is 5.82 Å². The molecule has 3 rings (SSSR count). The molecular formula is C14H15N3. The van der Waals surface area contributed by atoms with E-state index in [1.54, 1.807) is 0 Å². The highest BCUT2D eigenvalue weighted by Gasteiger charge is 2.04. The van der Waals surface area contributed by atoms with Gasteiger partial charge in [0.25, 0.3) is 0 Å². The summed E-state index contributed by atoms with van der Waals surface area (Å²) in [6.45, 7) is 4.18. The lowest BCUT2D eigenvalue weighted by molar-refractivity contribution is 1.00. The van der Waals surface area contributed by atoms with Gasteiger partial charge in [-0.25, -0.2) is 4.98 Å². The van der Waals surface area contributed by atoms with Crippen molar-refractivity contribution in [2.24, 2.45) is 0 Å². The van der Waals surface area contributed by atoms with Crippen LogP contribution in [-0.2, 0) is 6.42 Å². The summed E-state index contributed by atoms with van der Waals surface area (Å²) >= 11 is 0. The number of hydrogen-bond acceptors (Lipinski definition) is 1. The quantitative estimate of drug-likeness (QED) is 0.691. The Bertz CT molecular complexity index is 661. The molecule has 0 aliphatic carbocycles. The van der Waals surface area contributed by atoms with Crippen LogP contribution >= 0.6 is 0 Å². The lowest BCUT2D eigenvalue weighted by atomic mass is 10.2. The fourth-order valence-corrected chi connectivity index (χ4v) is 2.11. The van der Waals surface area contributed by atoms with Gasteiger partial charge in [0.15, 0.2) is 0 Å². The maximum atomic E-state index is 4.58. The molecule has 0 atom stereocenters. The summed E-state index contributed by atoms with van der Waals surface area (Å²) in [7, 11) is 0. The Labute approximate surface area is 99.9 Å². The minimum absolute atomic E-state index is 0.821. The first-order valence-corrected chi connectivity index (χ1v) is 5.80. The molecule has 2 heterocycles. The molecule has 86 valence electrons. The minimum Gasteiger partial charge on any atom is -0.364 e. The second-order valence-electron chi connectivity index (χ2n) is 4.58. The van der Waals surface area contributed by atoms with E-state index >= 15 is 0 Å². The van der Waals surface area contributed by atoms with Gasteiger partial charge in [0, 0.05) is 18.3 Å². The Morgan fingerprint density at radius 2 is 2.00 bits per heavy atom. The number of hydrogen-bond donors (Lipinski definition) is 2. The minimum atomic E-state index is 0.821. The van der Waals surface area contributed by atoms with E-state index in [1.807, 2.05) is 6.20 Å². The van der Waals surface area contributed by atoms with Crippen molar-refractivity contribution >= 4 is 11.0 Å². The molecule has 0 saturated heterocycles. The molecule has 17 heavy (non-hydrogen) atoms. The molecule has 0 unspecified atom stereocenters. The normalized spacial score (nSPS) is 11.2. The van der Waals surface area contributed by atoms with Crippen LogP contribution in [0.1, 0.15) is 22.6 Å². The van der Waals surface area contributed by atoms with Crippen molar-refractivity contribution in [3.63, 3.8) is 0 Å². The van der Waals surface area contributed by atoms with Gasteiger partial charge in [-0.3, -0.25) is 0 Å². The highest BCUT2D eigenvalue weighted by atomic mass is 14.9. The molecule has 1 aromatic carbocycles. The average Bonchev–Trinajstić information content (AvgIpc) is 2.84. The number of benzene rings is 1. The molecule has 2 N–H and O–H groups in total. The lowest BCUT2D eigenvalue weighted by Crippen LogP contribution is -1.89. The molecule has 3 aromatic rings. The van der Waals surface area contributed by atoms with Gasteiger partial charge in [-0.2, -0.15) is 0 Å². The van der Waals surface area contributed by atoms with Crippen molar-refractivity contribution in [1.82, 2.24) is 15.0 Å². The van der Waals surface area contributed by atoms with Gasteiger partial charge in [-0.1, -0.05) is 6.07 Å². The predicted octanol–water partition coefficient (Wildman–Crippen LogP) is 3.10. The summed E-state index contributed by atoms with van der Waals surface area (Å²) in [5.41, 5.74) is 5.85. The van der Waals surface area contributed by atoms with Crippen LogP contribution in [0.15, 0.2) is 30.5 Å². The molecule has 3 nitrogen and oxygen atoms in total. The van der Waals surface area contributed by atoms with Crippen LogP contribution in [0.3, 0.4) is 0 Å². The van der Waals surface area contributed by atoms with Crippen molar-refractivity contribution < 1.29 is 0 Å². The first kappa shape index (κ1) is 10.1. The van der Waals surface area contributed by atoms with E-state index in [0.29, 0.717) is 0 Å². The molecule has 0 aliphatic rings. The highest BCUT2D eigenvalue weighted by molar-refractivity contribution is 5.75.